The Hall–Kier alpha value is -5.66. The Morgan fingerprint density at radius 1 is 0.512 bits per heavy atom. The Morgan fingerprint density at radius 3 is 1.79 bits per heavy atom. The van der Waals surface area contributed by atoms with Crippen LogP contribution in [0.5, 0.6) is 0 Å². The van der Waals surface area contributed by atoms with E-state index in [1.807, 2.05) is 67.3 Å². The molecule has 6 heterocycles. The maximum Gasteiger partial charge on any atom is 0.144 e. The van der Waals surface area contributed by atoms with Crippen molar-refractivity contribution in [2.24, 2.45) is 0 Å². The lowest BCUT2D eigenvalue weighted by Gasteiger charge is -2.08. The fourth-order valence-corrected chi connectivity index (χ4v) is 7.23. The van der Waals surface area contributed by atoms with Crippen LogP contribution in [0.3, 0.4) is 0 Å². The highest BCUT2D eigenvalue weighted by Gasteiger charge is 2.23. The molecule has 0 unspecified atom stereocenters. The maximum absolute atomic E-state index is 5.14. The molecule has 9 aromatic rings. The summed E-state index contributed by atoms with van der Waals surface area (Å²) in [6.07, 6.45) is 7.37. The van der Waals surface area contributed by atoms with E-state index in [-0.39, 0.29) is 0 Å². The number of nitrogens with zero attached hydrogens (tertiary/aromatic N) is 6. The van der Waals surface area contributed by atoms with E-state index in [2.05, 4.69) is 85.8 Å². The summed E-state index contributed by atoms with van der Waals surface area (Å²) >= 11 is 1.64. The molecule has 0 spiro atoms. The normalized spacial score (nSPS) is 11.7. The minimum Gasteiger partial charge on any atom is -0.308 e. The van der Waals surface area contributed by atoms with Crippen LogP contribution in [-0.4, -0.2) is 29.1 Å². The lowest BCUT2D eigenvalue weighted by Crippen LogP contribution is -1.95. The summed E-state index contributed by atoms with van der Waals surface area (Å²) in [4.78, 5) is 18.9. The van der Waals surface area contributed by atoms with Crippen LogP contribution in [0.25, 0.3) is 76.4 Å². The molecule has 7 heteroatoms. The predicted octanol–water partition coefficient (Wildman–Crippen LogP) is 8.86. The van der Waals surface area contributed by atoms with Crippen molar-refractivity contribution in [3.8, 4) is 32.8 Å². The summed E-state index contributed by atoms with van der Waals surface area (Å²) in [6, 6.07) is 37.9. The van der Waals surface area contributed by atoms with E-state index in [1.54, 1.807) is 11.3 Å². The molecule has 0 bridgehead atoms. The summed E-state index contributed by atoms with van der Waals surface area (Å²) < 4.78 is 4.67. The fraction of sp³-hybridized carbons (Fsp3) is 0. The van der Waals surface area contributed by atoms with E-state index in [0.29, 0.717) is 0 Å². The van der Waals surface area contributed by atoms with Crippen LogP contribution < -0.4 is 0 Å². The maximum atomic E-state index is 5.14. The van der Waals surface area contributed by atoms with E-state index >= 15 is 0 Å². The van der Waals surface area contributed by atoms with Gasteiger partial charge in [-0.2, -0.15) is 0 Å². The average Bonchev–Trinajstić information content (AvgIpc) is 3.75. The number of hydrogen-bond acceptors (Lipinski definition) is 5. The zero-order valence-electron chi connectivity index (χ0n) is 22.8. The molecule has 9 rings (SSSR count). The number of pyridine rings is 3. The number of hydrogen-bond donors (Lipinski definition) is 0. The van der Waals surface area contributed by atoms with Gasteiger partial charge in [-0.25, -0.2) is 4.98 Å². The van der Waals surface area contributed by atoms with Crippen LogP contribution in [0, 0.1) is 0 Å². The molecule has 0 aliphatic carbocycles. The molecule has 0 saturated heterocycles. The summed E-state index contributed by atoms with van der Waals surface area (Å²) in [7, 11) is 0. The first-order valence-electron chi connectivity index (χ1n) is 14.1. The quantitative estimate of drug-likeness (QED) is 0.212. The minimum absolute atomic E-state index is 0.830. The van der Waals surface area contributed by atoms with E-state index in [0.717, 1.165) is 54.8 Å². The lowest BCUT2D eigenvalue weighted by molar-refractivity contribution is 1.14. The topological polar surface area (TPSA) is 61.4 Å². The van der Waals surface area contributed by atoms with Crippen molar-refractivity contribution in [3.63, 3.8) is 0 Å². The molecule has 0 N–H and O–H groups in total. The van der Waals surface area contributed by atoms with Crippen LogP contribution in [-0.2, 0) is 0 Å². The molecule has 0 atom stereocenters. The first-order valence-corrected chi connectivity index (χ1v) is 14.9. The molecule has 202 valence electrons. The van der Waals surface area contributed by atoms with E-state index < -0.39 is 0 Å². The van der Waals surface area contributed by atoms with Gasteiger partial charge in [0.1, 0.15) is 15.7 Å². The largest absolute Gasteiger partial charge is 0.308 e. The zero-order valence-corrected chi connectivity index (χ0v) is 23.6. The van der Waals surface area contributed by atoms with Crippen LogP contribution in [0.15, 0.2) is 134 Å². The third-order valence-corrected chi connectivity index (χ3v) is 9.04. The van der Waals surface area contributed by atoms with E-state index in [1.165, 1.54) is 21.5 Å². The Morgan fingerprint density at radius 2 is 1.14 bits per heavy atom. The zero-order chi connectivity index (χ0) is 28.3. The van der Waals surface area contributed by atoms with Crippen LogP contribution in [0.1, 0.15) is 0 Å². The van der Waals surface area contributed by atoms with Crippen LogP contribution in [0.2, 0.25) is 0 Å². The Kier molecular flexibility index (Phi) is 5.27. The lowest BCUT2D eigenvalue weighted by atomic mass is 10.1. The van der Waals surface area contributed by atoms with Crippen molar-refractivity contribution < 1.29 is 0 Å². The summed E-state index contributed by atoms with van der Waals surface area (Å²) in [5, 5.41) is 6.61. The van der Waals surface area contributed by atoms with Gasteiger partial charge in [0.25, 0.3) is 0 Å². The molecule has 6 aromatic heterocycles. The number of rotatable bonds is 4. The highest BCUT2D eigenvalue weighted by molar-refractivity contribution is 7.18. The van der Waals surface area contributed by atoms with Crippen LogP contribution >= 0.6 is 11.3 Å². The van der Waals surface area contributed by atoms with Gasteiger partial charge in [-0.1, -0.05) is 59.9 Å². The van der Waals surface area contributed by atoms with Crippen molar-refractivity contribution in [1.82, 2.24) is 29.1 Å². The fourth-order valence-electron chi connectivity index (χ4n) is 6.15. The van der Waals surface area contributed by atoms with Crippen molar-refractivity contribution in [2.45, 2.75) is 0 Å². The second kappa shape index (κ2) is 9.44. The summed E-state index contributed by atoms with van der Waals surface area (Å²) in [5.74, 6) is 0. The van der Waals surface area contributed by atoms with Gasteiger partial charge in [0.15, 0.2) is 0 Å². The van der Waals surface area contributed by atoms with Crippen molar-refractivity contribution in [3.05, 3.63) is 134 Å². The molecule has 0 amide bonds. The second-order valence-corrected chi connectivity index (χ2v) is 11.4. The van der Waals surface area contributed by atoms with Gasteiger partial charge in [0, 0.05) is 40.1 Å². The monoisotopic (exact) mass is 570 g/mol. The highest BCUT2D eigenvalue weighted by Crippen LogP contribution is 2.43. The molecule has 3 aromatic carbocycles. The molecule has 0 radical (unpaired) electrons. The molecule has 0 aliphatic heterocycles. The summed E-state index contributed by atoms with van der Waals surface area (Å²) in [6.45, 7) is 0. The number of benzene rings is 3. The predicted molar refractivity (Wildman–Crippen MR) is 175 cm³/mol. The number of fused-ring (bicyclic) bond motifs is 6. The summed E-state index contributed by atoms with van der Waals surface area (Å²) in [5.41, 5.74) is 8.09. The van der Waals surface area contributed by atoms with Gasteiger partial charge in [0.2, 0.25) is 0 Å². The molecule has 0 saturated carbocycles. The number of para-hydroxylation sites is 2. The number of thiazole rings is 1. The van der Waals surface area contributed by atoms with Gasteiger partial charge in [-0.3, -0.25) is 19.5 Å². The Labute approximate surface area is 250 Å². The van der Waals surface area contributed by atoms with Crippen LogP contribution in [0.4, 0.5) is 0 Å². The van der Waals surface area contributed by atoms with Gasteiger partial charge >= 0.3 is 0 Å². The standard InChI is InChI=1S/C36H22N6S/c1-3-15-30-24(11-1)26-21-33-27(20-32(26)41(30)23-10-9-17-37-22-23)25-12-2-4-16-31(25)42(33)36-34(28-13-5-7-18-38-28)40-35(43-36)29-14-6-8-19-39-29/h1-22H. The Bertz CT molecular complexity index is 2440. The smallest absolute Gasteiger partial charge is 0.144 e. The molecular formula is C36H22N6S. The molecule has 43 heavy (non-hydrogen) atoms. The second-order valence-electron chi connectivity index (χ2n) is 10.4. The van der Waals surface area contributed by atoms with Gasteiger partial charge in [-0.15, -0.1) is 0 Å². The van der Waals surface area contributed by atoms with Crippen molar-refractivity contribution >= 4 is 54.9 Å². The highest BCUT2D eigenvalue weighted by atomic mass is 32.1. The molecule has 0 aliphatic rings. The first kappa shape index (κ1) is 24.0. The van der Waals surface area contributed by atoms with Crippen molar-refractivity contribution in [2.75, 3.05) is 0 Å². The van der Waals surface area contributed by atoms with Crippen molar-refractivity contribution in [1.29, 1.82) is 0 Å². The first-order chi connectivity index (χ1) is 21.3. The minimum atomic E-state index is 0.830. The Balaban J connectivity index is 1.42. The van der Waals surface area contributed by atoms with Gasteiger partial charge < -0.3 is 4.57 Å². The van der Waals surface area contributed by atoms with Gasteiger partial charge in [-0.05, 0) is 60.7 Å². The molecule has 6 nitrogen and oxygen atoms in total. The third-order valence-electron chi connectivity index (χ3n) is 7.97. The van der Waals surface area contributed by atoms with E-state index in [9.17, 15) is 0 Å². The SMILES string of the molecule is c1ccc(-c2nc(-c3ccccn3)c(-n3c4ccccc4c4cc5c(cc43)c3ccccc3n5-c3cccnc3)s2)nc1. The average molecular weight is 571 g/mol. The van der Waals surface area contributed by atoms with E-state index in [4.69, 9.17) is 9.97 Å². The molecule has 0 fully saturated rings. The molecular weight excluding hydrogens is 549 g/mol. The number of aromatic nitrogens is 6. The third kappa shape index (κ3) is 3.65. The van der Waals surface area contributed by atoms with Gasteiger partial charge in [0.05, 0.1) is 45.3 Å².